The summed E-state index contributed by atoms with van der Waals surface area (Å²) in [6.45, 7) is 4.69. The smallest absolute Gasteiger partial charge is 0.235 e. The van der Waals surface area contributed by atoms with Gasteiger partial charge in [-0.15, -0.1) is 0 Å². The Labute approximate surface area is 377 Å². The highest BCUT2D eigenvalue weighted by Crippen LogP contribution is 2.50. The van der Waals surface area contributed by atoms with Gasteiger partial charge in [-0.25, -0.2) is 9.97 Å². The number of para-hydroxylation sites is 2. The maximum absolute atomic E-state index is 5.25. The average molecular weight is 831 g/mol. The van der Waals surface area contributed by atoms with E-state index >= 15 is 0 Å². The van der Waals surface area contributed by atoms with E-state index in [0.717, 1.165) is 55.6 Å². The van der Waals surface area contributed by atoms with Crippen LogP contribution in [0.5, 0.6) is 0 Å². The number of hydrogen-bond donors (Lipinski definition) is 0. The molecule has 0 fully saturated rings. The number of nitrogens with zero attached hydrogens (tertiary/aromatic N) is 4. The number of aromatic nitrogens is 4. The van der Waals surface area contributed by atoms with Crippen LogP contribution in [0.3, 0.4) is 0 Å². The maximum Gasteiger partial charge on any atom is 0.235 e. The molecule has 0 saturated carbocycles. The Hall–Kier alpha value is -8.34. The van der Waals surface area contributed by atoms with Gasteiger partial charge in [0.05, 0.1) is 33.5 Å². The van der Waals surface area contributed by atoms with Crippen molar-refractivity contribution in [1.82, 2.24) is 19.1 Å². The van der Waals surface area contributed by atoms with Gasteiger partial charge in [0.25, 0.3) is 0 Å². The zero-order valence-electron chi connectivity index (χ0n) is 36.1. The van der Waals surface area contributed by atoms with Crippen molar-refractivity contribution < 1.29 is 0 Å². The van der Waals surface area contributed by atoms with Crippen LogP contribution >= 0.6 is 0 Å². The van der Waals surface area contributed by atoms with Crippen LogP contribution in [-0.4, -0.2) is 19.1 Å². The number of hydrogen-bond acceptors (Lipinski definition) is 2. The van der Waals surface area contributed by atoms with Gasteiger partial charge in [-0.1, -0.05) is 166 Å². The van der Waals surface area contributed by atoms with Crippen molar-refractivity contribution in [2.24, 2.45) is 0 Å². The van der Waals surface area contributed by atoms with Crippen LogP contribution in [0.15, 0.2) is 218 Å². The van der Waals surface area contributed by atoms with Gasteiger partial charge in [0, 0.05) is 43.8 Å². The third-order valence-electron chi connectivity index (χ3n) is 13.8. The second kappa shape index (κ2) is 14.3. The standard InChI is InChI=1S/C61H42N4/c1-61(2)52-24-14-12-22-46(52)48-34-41(26-30-53(48)61)43-27-31-57-50(36-43)51-37-44(28-32-58(51)64(57)45-20-10-5-11-21-45)42-29-33-59-49(35-42)47-23-13-15-25-56(47)65(59)60-62-54(39-16-6-3-7-17-39)38-55(63-60)40-18-8-4-9-19-40/h3-38H,1-2H3. The first kappa shape index (κ1) is 37.2. The summed E-state index contributed by atoms with van der Waals surface area (Å²) >= 11 is 0. The lowest BCUT2D eigenvalue weighted by molar-refractivity contribution is 0.660. The minimum atomic E-state index is -0.0288. The molecule has 0 spiro atoms. The van der Waals surface area contributed by atoms with E-state index in [2.05, 4.69) is 229 Å². The molecule has 0 atom stereocenters. The molecule has 0 saturated heterocycles. The lowest BCUT2D eigenvalue weighted by Gasteiger charge is -2.21. The molecule has 0 bridgehead atoms. The van der Waals surface area contributed by atoms with Crippen LogP contribution in [0.1, 0.15) is 25.0 Å². The summed E-state index contributed by atoms with van der Waals surface area (Å²) in [5.41, 5.74) is 19.7. The van der Waals surface area contributed by atoms with Gasteiger partial charge in [-0.05, 0) is 111 Å². The summed E-state index contributed by atoms with van der Waals surface area (Å²) < 4.78 is 4.63. The first-order valence-corrected chi connectivity index (χ1v) is 22.4. The van der Waals surface area contributed by atoms with Gasteiger partial charge in [0.2, 0.25) is 5.95 Å². The van der Waals surface area contributed by atoms with E-state index in [4.69, 9.17) is 9.97 Å². The highest BCUT2D eigenvalue weighted by molar-refractivity contribution is 6.13. The second-order valence-electron chi connectivity index (χ2n) is 17.8. The maximum atomic E-state index is 5.25. The van der Waals surface area contributed by atoms with Crippen LogP contribution < -0.4 is 0 Å². The zero-order chi connectivity index (χ0) is 43.2. The summed E-state index contributed by atoms with van der Waals surface area (Å²) in [6.07, 6.45) is 0. The lowest BCUT2D eigenvalue weighted by Crippen LogP contribution is -2.14. The Morgan fingerprint density at radius 2 is 0.769 bits per heavy atom. The number of fused-ring (bicyclic) bond motifs is 9. The molecular formula is C61H42N4. The molecule has 4 heteroatoms. The minimum Gasteiger partial charge on any atom is -0.309 e. The normalized spacial score (nSPS) is 12.9. The molecule has 306 valence electrons. The quantitative estimate of drug-likeness (QED) is 0.167. The summed E-state index contributed by atoms with van der Waals surface area (Å²) in [7, 11) is 0. The Morgan fingerprint density at radius 1 is 0.323 bits per heavy atom. The molecule has 3 aromatic heterocycles. The predicted molar refractivity (Wildman–Crippen MR) is 270 cm³/mol. The van der Waals surface area contributed by atoms with Gasteiger partial charge in [0.1, 0.15) is 0 Å². The van der Waals surface area contributed by atoms with E-state index in [9.17, 15) is 0 Å². The highest BCUT2D eigenvalue weighted by Gasteiger charge is 2.35. The Morgan fingerprint density at radius 3 is 1.38 bits per heavy atom. The van der Waals surface area contributed by atoms with Crippen LogP contribution in [0.4, 0.5) is 0 Å². The fourth-order valence-corrected chi connectivity index (χ4v) is 10.6. The summed E-state index contributed by atoms with van der Waals surface area (Å²) in [4.78, 5) is 10.5. The van der Waals surface area contributed by atoms with Gasteiger partial charge in [0.15, 0.2) is 0 Å². The first-order chi connectivity index (χ1) is 32.0. The molecule has 0 amide bonds. The SMILES string of the molecule is CC1(C)c2ccccc2-c2cc(-c3ccc4c(c3)c3cc(-c5ccc6c(c5)c5ccccc5n6-c5nc(-c6ccccc6)cc(-c6ccccc6)n5)ccc3n4-c3ccccc3)ccc21. The number of benzene rings is 9. The van der Waals surface area contributed by atoms with Gasteiger partial charge in [-0.2, -0.15) is 0 Å². The van der Waals surface area contributed by atoms with Crippen molar-refractivity contribution in [3.05, 3.63) is 230 Å². The van der Waals surface area contributed by atoms with Crippen molar-refractivity contribution in [3.63, 3.8) is 0 Å². The topological polar surface area (TPSA) is 35.6 Å². The van der Waals surface area contributed by atoms with E-state index in [1.165, 1.54) is 60.8 Å². The first-order valence-electron chi connectivity index (χ1n) is 22.4. The molecule has 0 unspecified atom stereocenters. The molecule has 1 aliphatic rings. The average Bonchev–Trinajstić information content (AvgIpc) is 3.96. The largest absolute Gasteiger partial charge is 0.309 e. The third-order valence-corrected chi connectivity index (χ3v) is 13.8. The van der Waals surface area contributed by atoms with Crippen LogP contribution in [0.2, 0.25) is 0 Å². The van der Waals surface area contributed by atoms with E-state index < -0.39 is 0 Å². The van der Waals surface area contributed by atoms with Gasteiger partial charge in [-0.3, -0.25) is 4.57 Å². The fraction of sp³-hybridized carbons (Fsp3) is 0.0492. The van der Waals surface area contributed by atoms with Gasteiger partial charge >= 0.3 is 0 Å². The second-order valence-corrected chi connectivity index (χ2v) is 17.8. The lowest BCUT2D eigenvalue weighted by atomic mass is 9.82. The summed E-state index contributed by atoms with van der Waals surface area (Å²) in [6, 6.07) is 79.0. The monoisotopic (exact) mass is 830 g/mol. The molecule has 0 radical (unpaired) electrons. The molecule has 0 N–H and O–H groups in total. The predicted octanol–water partition coefficient (Wildman–Crippen LogP) is 15.6. The Bertz CT molecular complexity index is 3780. The number of rotatable bonds is 6. The third kappa shape index (κ3) is 5.84. The molecule has 9 aromatic carbocycles. The van der Waals surface area contributed by atoms with E-state index in [-0.39, 0.29) is 5.41 Å². The zero-order valence-corrected chi connectivity index (χ0v) is 36.1. The molecule has 1 aliphatic carbocycles. The summed E-state index contributed by atoms with van der Waals surface area (Å²) in [5, 5.41) is 4.76. The van der Waals surface area contributed by atoms with Crippen LogP contribution in [0.25, 0.3) is 111 Å². The molecule has 0 aliphatic heterocycles. The van der Waals surface area contributed by atoms with Crippen molar-refractivity contribution in [2.75, 3.05) is 0 Å². The van der Waals surface area contributed by atoms with E-state index in [1.807, 2.05) is 12.1 Å². The fourth-order valence-electron chi connectivity index (χ4n) is 10.6. The van der Waals surface area contributed by atoms with E-state index in [0.29, 0.717) is 5.95 Å². The molecule has 12 aromatic rings. The molecular weight excluding hydrogens is 789 g/mol. The molecule has 65 heavy (non-hydrogen) atoms. The van der Waals surface area contributed by atoms with E-state index in [1.54, 1.807) is 0 Å². The molecule has 3 heterocycles. The van der Waals surface area contributed by atoms with Crippen molar-refractivity contribution >= 4 is 43.6 Å². The molecule has 4 nitrogen and oxygen atoms in total. The van der Waals surface area contributed by atoms with Crippen molar-refractivity contribution in [2.45, 2.75) is 19.3 Å². The van der Waals surface area contributed by atoms with Gasteiger partial charge < -0.3 is 4.57 Å². The van der Waals surface area contributed by atoms with Crippen LogP contribution in [-0.2, 0) is 5.41 Å². The van der Waals surface area contributed by atoms with Crippen LogP contribution in [0, 0.1) is 0 Å². The Kier molecular flexibility index (Phi) is 8.22. The van der Waals surface area contributed by atoms with Crippen molar-refractivity contribution in [1.29, 1.82) is 0 Å². The summed E-state index contributed by atoms with van der Waals surface area (Å²) in [5.74, 6) is 0.645. The van der Waals surface area contributed by atoms with Crippen molar-refractivity contribution in [3.8, 4) is 67.5 Å². The highest BCUT2D eigenvalue weighted by atomic mass is 15.2. The Balaban J connectivity index is 0.978. The minimum absolute atomic E-state index is 0.0288. The molecule has 13 rings (SSSR count).